The first-order valence-corrected chi connectivity index (χ1v) is 6.79. The zero-order valence-electron chi connectivity index (χ0n) is 11.7. The number of ether oxygens (including phenoxy) is 1. The van der Waals surface area contributed by atoms with Crippen LogP contribution < -0.4 is 5.73 Å². The minimum atomic E-state index is -0.754. The molecular formula is C13H19N5O2. The predicted molar refractivity (Wildman–Crippen MR) is 71.6 cm³/mol. The maximum atomic E-state index is 6.24. The second kappa shape index (κ2) is 4.99. The molecule has 0 amide bonds. The van der Waals surface area contributed by atoms with Gasteiger partial charge in [0.05, 0.1) is 12.7 Å². The summed E-state index contributed by atoms with van der Waals surface area (Å²) < 4.78 is 12.7. The smallest absolute Gasteiger partial charge is 0.276 e. The molecule has 0 radical (unpaired) electrons. The fourth-order valence-electron chi connectivity index (χ4n) is 2.04. The van der Waals surface area contributed by atoms with Crippen molar-refractivity contribution in [2.75, 3.05) is 6.61 Å². The van der Waals surface area contributed by atoms with Gasteiger partial charge in [0.2, 0.25) is 0 Å². The molecule has 1 unspecified atom stereocenters. The zero-order chi connectivity index (χ0) is 14.2. The Morgan fingerprint density at radius 1 is 1.55 bits per heavy atom. The summed E-state index contributed by atoms with van der Waals surface area (Å²) in [5.41, 5.74) is 6.25. The van der Waals surface area contributed by atoms with Crippen LogP contribution in [0.5, 0.6) is 0 Å². The van der Waals surface area contributed by atoms with Crippen LogP contribution in [-0.2, 0) is 17.3 Å². The summed E-state index contributed by atoms with van der Waals surface area (Å²) in [6.45, 7) is 2.24. The minimum absolute atomic E-state index is 0.335. The molecule has 0 spiro atoms. The third-order valence-corrected chi connectivity index (χ3v) is 3.65. The quantitative estimate of drug-likeness (QED) is 0.883. The number of aryl methyl sites for hydroxylation is 1. The van der Waals surface area contributed by atoms with E-state index < -0.39 is 5.54 Å². The molecule has 0 bridgehead atoms. The SMILES string of the molecule is Cn1nccc1-c1nc(C(C)(N)COC2CCC2)no1. The Morgan fingerprint density at radius 2 is 2.35 bits per heavy atom. The number of hydrogen-bond acceptors (Lipinski definition) is 6. The van der Waals surface area contributed by atoms with Gasteiger partial charge in [0.15, 0.2) is 5.82 Å². The van der Waals surface area contributed by atoms with E-state index in [1.807, 2.05) is 20.0 Å². The molecule has 1 atom stereocenters. The molecule has 0 aromatic carbocycles. The lowest BCUT2D eigenvalue weighted by Crippen LogP contribution is -2.41. The lowest BCUT2D eigenvalue weighted by atomic mass is 9.95. The summed E-state index contributed by atoms with van der Waals surface area (Å²) in [7, 11) is 1.82. The predicted octanol–water partition coefficient (Wildman–Crippen LogP) is 1.21. The standard InChI is InChI=1S/C13H19N5O2/c1-13(14,8-19-9-4-3-5-9)12-16-11(20-17-12)10-6-7-15-18(10)2/h6-7,9H,3-5,8,14H2,1-2H3. The largest absolute Gasteiger partial charge is 0.376 e. The second-order valence-electron chi connectivity index (χ2n) is 5.54. The molecule has 2 N–H and O–H groups in total. The van der Waals surface area contributed by atoms with Crippen LogP contribution in [0.4, 0.5) is 0 Å². The summed E-state index contributed by atoms with van der Waals surface area (Å²) in [6.07, 6.45) is 5.48. The van der Waals surface area contributed by atoms with E-state index in [0.29, 0.717) is 24.4 Å². The van der Waals surface area contributed by atoms with Gasteiger partial charge in [-0.05, 0) is 32.3 Å². The highest BCUT2D eigenvalue weighted by atomic mass is 16.5. The number of rotatable bonds is 5. The summed E-state index contributed by atoms with van der Waals surface area (Å²) in [6, 6.07) is 1.82. The number of nitrogens with zero attached hydrogens (tertiary/aromatic N) is 4. The molecule has 108 valence electrons. The molecule has 7 nitrogen and oxygen atoms in total. The molecule has 0 saturated heterocycles. The Labute approximate surface area is 117 Å². The fourth-order valence-corrected chi connectivity index (χ4v) is 2.04. The van der Waals surface area contributed by atoms with Gasteiger partial charge in [-0.2, -0.15) is 10.1 Å². The third-order valence-electron chi connectivity index (χ3n) is 3.65. The lowest BCUT2D eigenvalue weighted by molar-refractivity contribution is -0.0222. The Hall–Kier alpha value is -1.73. The Bertz CT molecular complexity index is 585. The highest BCUT2D eigenvalue weighted by molar-refractivity contribution is 5.46. The van der Waals surface area contributed by atoms with Gasteiger partial charge in [0.25, 0.3) is 5.89 Å². The van der Waals surface area contributed by atoms with Crippen molar-refractivity contribution >= 4 is 0 Å². The first-order chi connectivity index (χ1) is 9.56. The van der Waals surface area contributed by atoms with E-state index in [1.54, 1.807) is 10.9 Å². The van der Waals surface area contributed by atoms with Gasteiger partial charge < -0.3 is 15.0 Å². The van der Waals surface area contributed by atoms with Gasteiger partial charge in [-0.25, -0.2) is 0 Å². The lowest BCUT2D eigenvalue weighted by Gasteiger charge is -2.29. The maximum Gasteiger partial charge on any atom is 0.276 e. The van der Waals surface area contributed by atoms with Crippen LogP contribution in [0.1, 0.15) is 32.0 Å². The van der Waals surface area contributed by atoms with Gasteiger partial charge in [0.1, 0.15) is 11.2 Å². The van der Waals surface area contributed by atoms with E-state index in [-0.39, 0.29) is 0 Å². The van der Waals surface area contributed by atoms with E-state index in [1.165, 1.54) is 6.42 Å². The average molecular weight is 277 g/mol. The van der Waals surface area contributed by atoms with Gasteiger partial charge in [-0.3, -0.25) is 4.68 Å². The molecule has 1 saturated carbocycles. The van der Waals surface area contributed by atoms with Crippen LogP contribution in [-0.4, -0.2) is 32.6 Å². The van der Waals surface area contributed by atoms with Gasteiger partial charge in [-0.15, -0.1) is 0 Å². The van der Waals surface area contributed by atoms with Crippen molar-refractivity contribution in [3.63, 3.8) is 0 Å². The van der Waals surface area contributed by atoms with E-state index in [0.717, 1.165) is 18.5 Å². The third kappa shape index (κ3) is 2.46. The summed E-state index contributed by atoms with van der Waals surface area (Å²) in [5, 5.41) is 8.05. The zero-order valence-corrected chi connectivity index (χ0v) is 11.7. The first-order valence-electron chi connectivity index (χ1n) is 6.79. The van der Waals surface area contributed by atoms with E-state index in [9.17, 15) is 0 Å². The van der Waals surface area contributed by atoms with Crippen molar-refractivity contribution in [1.29, 1.82) is 0 Å². The number of aromatic nitrogens is 4. The first kappa shape index (κ1) is 13.3. The average Bonchev–Trinajstić information content (AvgIpc) is 2.94. The van der Waals surface area contributed by atoms with Gasteiger partial charge >= 0.3 is 0 Å². The second-order valence-corrected chi connectivity index (χ2v) is 5.54. The van der Waals surface area contributed by atoms with Crippen LogP contribution in [0.3, 0.4) is 0 Å². The van der Waals surface area contributed by atoms with Crippen LogP contribution in [0.2, 0.25) is 0 Å². The van der Waals surface area contributed by atoms with Crippen LogP contribution in [0.15, 0.2) is 16.8 Å². The molecule has 3 rings (SSSR count). The molecule has 2 heterocycles. The Balaban J connectivity index is 1.73. The Kier molecular flexibility index (Phi) is 3.31. The van der Waals surface area contributed by atoms with Crippen LogP contribution >= 0.6 is 0 Å². The highest BCUT2D eigenvalue weighted by Gasteiger charge is 2.31. The fraction of sp³-hybridized carbons (Fsp3) is 0.615. The molecule has 1 aliphatic rings. The summed E-state index contributed by atoms with van der Waals surface area (Å²) in [4.78, 5) is 4.36. The van der Waals surface area contributed by atoms with Crippen LogP contribution in [0.25, 0.3) is 11.6 Å². The molecule has 20 heavy (non-hydrogen) atoms. The normalized spacial score (nSPS) is 18.8. The minimum Gasteiger partial charge on any atom is -0.376 e. The molecule has 2 aromatic rings. The molecule has 2 aromatic heterocycles. The van der Waals surface area contributed by atoms with Crippen molar-refractivity contribution in [3.05, 3.63) is 18.1 Å². The molecule has 7 heteroatoms. The van der Waals surface area contributed by atoms with Crippen molar-refractivity contribution in [3.8, 4) is 11.6 Å². The van der Waals surface area contributed by atoms with E-state index >= 15 is 0 Å². The van der Waals surface area contributed by atoms with Gasteiger partial charge in [0, 0.05) is 13.2 Å². The van der Waals surface area contributed by atoms with Crippen molar-refractivity contribution < 1.29 is 9.26 Å². The summed E-state index contributed by atoms with van der Waals surface area (Å²) in [5.74, 6) is 0.869. The summed E-state index contributed by atoms with van der Waals surface area (Å²) >= 11 is 0. The maximum absolute atomic E-state index is 6.24. The van der Waals surface area contributed by atoms with E-state index in [4.69, 9.17) is 15.0 Å². The van der Waals surface area contributed by atoms with Crippen molar-refractivity contribution in [2.24, 2.45) is 12.8 Å². The number of hydrogen-bond donors (Lipinski definition) is 1. The topological polar surface area (TPSA) is 92.0 Å². The molecule has 1 aliphatic carbocycles. The van der Waals surface area contributed by atoms with Crippen LogP contribution in [0, 0.1) is 0 Å². The molecular weight excluding hydrogens is 258 g/mol. The molecule has 0 aliphatic heterocycles. The van der Waals surface area contributed by atoms with E-state index in [2.05, 4.69) is 15.2 Å². The van der Waals surface area contributed by atoms with Crippen molar-refractivity contribution in [1.82, 2.24) is 19.9 Å². The monoisotopic (exact) mass is 277 g/mol. The molecule has 1 fully saturated rings. The highest BCUT2D eigenvalue weighted by Crippen LogP contribution is 2.25. The number of nitrogens with two attached hydrogens (primary N) is 1. The van der Waals surface area contributed by atoms with Crippen molar-refractivity contribution in [2.45, 2.75) is 37.8 Å². The Morgan fingerprint density at radius 3 is 2.95 bits per heavy atom. The van der Waals surface area contributed by atoms with Gasteiger partial charge in [-0.1, -0.05) is 5.16 Å².